The van der Waals surface area contributed by atoms with Gasteiger partial charge in [-0.3, -0.25) is 18.7 Å². The Morgan fingerprint density at radius 2 is 0.489 bits per heavy atom. The van der Waals surface area contributed by atoms with Crippen molar-refractivity contribution in [1.29, 1.82) is 0 Å². The van der Waals surface area contributed by atoms with Gasteiger partial charge in [0.05, 0.1) is 95.3 Å². The summed E-state index contributed by atoms with van der Waals surface area (Å²) >= 11 is 0. The summed E-state index contributed by atoms with van der Waals surface area (Å²) in [7, 11) is 0. The average Bonchev–Trinajstić information content (AvgIpc) is 1.07. The zero-order chi connectivity index (χ0) is 61.6. The molecule has 0 saturated heterocycles. The minimum atomic E-state index is -0.244. The van der Waals surface area contributed by atoms with E-state index in [0.717, 1.165) is 208 Å². The first-order chi connectivity index (χ1) is 45.5. The second-order valence-electron chi connectivity index (χ2n) is 25.2. The Bertz CT molecular complexity index is 4140. The number of rotatable bonds is 16. The number of hydrogen-bond donors (Lipinski definition) is 0. The molecule has 464 valence electrons. The molecular formula is C76H72N8O8. The van der Waals surface area contributed by atoms with Crippen LogP contribution < -0.4 is 37.9 Å². The summed E-state index contributed by atoms with van der Waals surface area (Å²) in [5.41, 5.74) is 16.1. The molecule has 1 aliphatic carbocycles. The fourth-order valence-corrected chi connectivity index (χ4v) is 15.9. The molecule has 5 aliphatic rings. The maximum atomic E-state index is 7.31. The van der Waals surface area contributed by atoms with Crippen LogP contribution in [0.5, 0.6) is 46.0 Å². The third-order valence-corrected chi connectivity index (χ3v) is 19.9. The first-order valence-corrected chi connectivity index (χ1v) is 32.9. The summed E-state index contributed by atoms with van der Waals surface area (Å²) in [6, 6.07) is 43.3. The van der Waals surface area contributed by atoms with Gasteiger partial charge in [0.15, 0.2) is 0 Å². The van der Waals surface area contributed by atoms with Crippen LogP contribution >= 0.6 is 0 Å². The Labute approximate surface area is 533 Å². The molecule has 8 aromatic carbocycles. The molecule has 0 atom stereocenters. The van der Waals surface area contributed by atoms with E-state index in [4.69, 9.17) is 58.3 Å². The van der Waals surface area contributed by atoms with E-state index >= 15 is 0 Å². The monoisotopic (exact) mass is 1220 g/mol. The van der Waals surface area contributed by atoms with Crippen LogP contribution in [0.3, 0.4) is 0 Å². The van der Waals surface area contributed by atoms with Gasteiger partial charge in [0.2, 0.25) is 27.2 Å². The molecule has 17 rings (SSSR count). The van der Waals surface area contributed by atoms with E-state index < -0.39 is 0 Å². The fraction of sp³-hybridized carbons (Fsp3) is 0.316. The molecule has 16 nitrogen and oxygen atoms in total. The Morgan fingerprint density at radius 3 is 0.685 bits per heavy atom. The summed E-state index contributed by atoms with van der Waals surface area (Å²) in [6.07, 6.45) is 14.3. The van der Waals surface area contributed by atoms with Crippen molar-refractivity contribution in [3.63, 3.8) is 0 Å². The third kappa shape index (κ3) is 9.13. The van der Waals surface area contributed by atoms with E-state index in [1.54, 1.807) is 0 Å². The lowest BCUT2D eigenvalue weighted by Crippen LogP contribution is -2.26. The SMILES string of the molecule is CCCC1c2cc3c4c(Cn5ncc6ccccc65)c2OCOc2c1cc1c(c2Cn2ncc5ccccc52)OCOc2c(cc5c(c2Cn2ncc6ccccc62)OCOc2c(cc(c(c2Cn2ncc6ccccc62)OCO4)C3CCC)C5CCC)C1CCC. The molecule has 0 radical (unpaired) electrons. The van der Waals surface area contributed by atoms with Crippen molar-refractivity contribution in [2.24, 2.45) is 0 Å². The van der Waals surface area contributed by atoms with Gasteiger partial charge in [-0.25, -0.2) is 0 Å². The van der Waals surface area contributed by atoms with Gasteiger partial charge in [0.25, 0.3) is 0 Å². The predicted molar refractivity (Wildman–Crippen MR) is 353 cm³/mol. The van der Waals surface area contributed by atoms with Gasteiger partial charge >= 0.3 is 0 Å². The zero-order valence-corrected chi connectivity index (χ0v) is 52.3. The van der Waals surface area contributed by atoms with Crippen molar-refractivity contribution in [1.82, 2.24) is 39.1 Å². The number of fused-ring (bicyclic) bond motifs is 4. The smallest absolute Gasteiger partial charge is 0.230 e. The Morgan fingerprint density at radius 1 is 0.293 bits per heavy atom. The lowest BCUT2D eigenvalue weighted by Gasteiger charge is -2.37. The van der Waals surface area contributed by atoms with E-state index in [2.05, 4.69) is 168 Å². The van der Waals surface area contributed by atoms with E-state index in [9.17, 15) is 0 Å². The molecule has 0 saturated carbocycles. The Hall–Kier alpha value is -9.96. The van der Waals surface area contributed by atoms with Crippen LogP contribution in [0.1, 0.15) is 169 Å². The Kier molecular flexibility index (Phi) is 14.1. The average molecular weight is 1230 g/mol. The number of para-hydroxylation sites is 4. The molecule has 12 aromatic rings. The molecule has 0 unspecified atom stereocenters. The summed E-state index contributed by atoms with van der Waals surface area (Å²) in [4.78, 5) is 0. The second-order valence-corrected chi connectivity index (χ2v) is 25.2. The molecule has 0 N–H and O–H groups in total. The van der Waals surface area contributed by atoms with E-state index in [1.807, 2.05) is 24.8 Å². The Balaban J connectivity index is 1.02. The van der Waals surface area contributed by atoms with Gasteiger partial charge in [-0.15, -0.1) is 0 Å². The lowest BCUT2D eigenvalue weighted by atomic mass is 9.74. The molecule has 16 heteroatoms. The molecule has 4 aliphatic heterocycles. The number of ether oxygens (including phenoxy) is 8. The van der Waals surface area contributed by atoms with Gasteiger partial charge in [-0.05, 0) is 74.2 Å². The quantitative estimate of drug-likeness (QED) is 0.0908. The molecule has 0 amide bonds. The summed E-state index contributed by atoms with van der Waals surface area (Å²) < 4.78 is 66.8. The summed E-state index contributed by atoms with van der Waals surface area (Å²) in [5, 5.41) is 24.6. The van der Waals surface area contributed by atoms with Crippen LogP contribution in [-0.4, -0.2) is 66.3 Å². The van der Waals surface area contributed by atoms with Crippen LogP contribution in [0, 0.1) is 0 Å². The van der Waals surface area contributed by atoms with Crippen LogP contribution in [0.15, 0.2) is 146 Å². The van der Waals surface area contributed by atoms with E-state index in [1.165, 1.54) is 0 Å². The number of hydrogen-bond acceptors (Lipinski definition) is 12. The summed E-state index contributed by atoms with van der Waals surface area (Å²) in [6.45, 7) is 10.2. The minimum absolute atomic E-state index is 0.0976. The highest BCUT2D eigenvalue weighted by molar-refractivity contribution is 5.82. The molecule has 92 heavy (non-hydrogen) atoms. The highest BCUT2D eigenvalue weighted by Crippen LogP contribution is 2.59. The van der Waals surface area contributed by atoms with Crippen molar-refractivity contribution >= 4 is 43.6 Å². The largest absolute Gasteiger partial charge is 0.457 e. The number of benzene rings is 8. The van der Waals surface area contributed by atoms with Gasteiger partial charge < -0.3 is 37.9 Å². The third-order valence-electron chi connectivity index (χ3n) is 19.9. The molecule has 8 heterocycles. The second kappa shape index (κ2) is 23.1. The molecular weight excluding hydrogens is 1150 g/mol. The number of aromatic nitrogens is 8. The normalized spacial score (nSPS) is 17.5. The van der Waals surface area contributed by atoms with E-state index in [0.29, 0.717) is 26.2 Å². The molecule has 0 spiro atoms. The van der Waals surface area contributed by atoms with E-state index in [-0.39, 0.29) is 50.8 Å². The maximum absolute atomic E-state index is 7.31. The molecule has 4 aromatic heterocycles. The first-order valence-electron chi connectivity index (χ1n) is 32.9. The first kappa shape index (κ1) is 56.1. The van der Waals surface area contributed by atoms with Crippen molar-refractivity contribution in [3.05, 3.63) is 213 Å². The van der Waals surface area contributed by atoms with Crippen LogP contribution in [0.25, 0.3) is 43.6 Å². The molecule has 8 bridgehead atoms. The molecule has 0 fully saturated rings. The predicted octanol–water partition coefficient (Wildman–Crippen LogP) is 16.2. The topological polar surface area (TPSA) is 145 Å². The highest BCUT2D eigenvalue weighted by Gasteiger charge is 2.42. The van der Waals surface area contributed by atoms with Gasteiger partial charge in [-0.2, -0.15) is 20.4 Å². The van der Waals surface area contributed by atoms with Crippen molar-refractivity contribution < 1.29 is 37.9 Å². The van der Waals surface area contributed by atoms with Crippen molar-refractivity contribution in [2.75, 3.05) is 27.2 Å². The number of nitrogens with zero attached hydrogens (tertiary/aromatic N) is 8. The van der Waals surface area contributed by atoms with Gasteiger partial charge in [-0.1, -0.05) is 126 Å². The highest BCUT2D eigenvalue weighted by atomic mass is 16.7. The van der Waals surface area contributed by atoms with Crippen molar-refractivity contribution in [3.8, 4) is 46.0 Å². The van der Waals surface area contributed by atoms with Crippen molar-refractivity contribution in [2.45, 2.75) is 129 Å². The minimum Gasteiger partial charge on any atom is -0.457 e. The maximum Gasteiger partial charge on any atom is 0.230 e. The van der Waals surface area contributed by atoms with Crippen LogP contribution in [-0.2, 0) is 26.2 Å². The van der Waals surface area contributed by atoms with Crippen LogP contribution in [0.2, 0.25) is 0 Å². The fourth-order valence-electron chi connectivity index (χ4n) is 15.9. The van der Waals surface area contributed by atoms with Gasteiger partial charge in [0, 0.05) is 89.7 Å². The zero-order valence-electron chi connectivity index (χ0n) is 52.3. The standard InChI is InChI=1S/C76H72N8O8/c1-5-17-49-53-29-55-50(18-6-2)57-31-59-52(20-8-4)60-32-58-51(19-7-3)56-30-54(49)70-62(38-82-66-26-14-10-22-46(66)34-78-82)72(56)88-43-90-74(58)64(40-84-68-28-16-12-24-48(68)36-80-84)76(60)92-44-91-75(59)63(39-83-67-27-15-11-23-47(67)35-79-83)73(57)89-42-87-71(55)61(69(53)85-41-86-70)37-81-65-25-13-9-21-45(65)33-77-81/h9-16,21-36,49-52H,5-8,17-20,37-44H2,1-4H3. The van der Waals surface area contributed by atoms with Gasteiger partial charge in [0.1, 0.15) is 46.0 Å². The summed E-state index contributed by atoms with van der Waals surface area (Å²) in [5.74, 6) is 4.84. The van der Waals surface area contributed by atoms with Crippen LogP contribution in [0.4, 0.5) is 0 Å². The lowest BCUT2D eigenvalue weighted by molar-refractivity contribution is 0.0939.